The van der Waals surface area contributed by atoms with Gasteiger partial charge in [0.2, 0.25) is 5.91 Å². The van der Waals surface area contributed by atoms with Gasteiger partial charge in [0, 0.05) is 30.6 Å². The summed E-state index contributed by atoms with van der Waals surface area (Å²) in [7, 11) is 4.75. The van der Waals surface area contributed by atoms with Crippen LogP contribution in [-0.2, 0) is 4.79 Å². The van der Waals surface area contributed by atoms with E-state index in [-0.39, 0.29) is 23.8 Å². The molecule has 1 unspecified atom stereocenters. The van der Waals surface area contributed by atoms with E-state index in [1.54, 1.807) is 44.4 Å². The van der Waals surface area contributed by atoms with Gasteiger partial charge in [0.05, 0.1) is 27.4 Å². The van der Waals surface area contributed by atoms with Crippen LogP contribution in [0.4, 0.5) is 0 Å². The molecule has 0 bridgehead atoms. The molecule has 0 radical (unpaired) electrons. The molecule has 2 amide bonds. The van der Waals surface area contributed by atoms with E-state index in [1.807, 2.05) is 24.3 Å². The second-order valence-corrected chi connectivity index (χ2v) is 7.91. The van der Waals surface area contributed by atoms with Crippen molar-refractivity contribution in [1.82, 2.24) is 10.2 Å². The number of piperidine rings is 1. The molecule has 7 heteroatoms. The lowest BCUT2D eigenvalue weighted by Gasteiger charge is -2.32. The van der Waals surface area contributed by atoms with E-state index in [1.165, 1.54) is 0 Å². The third kappa shape index (κ3) is 5.52. The number of rotatable bonds is 8. The Kier molecular flexibility index (Phi) is 7.98. The third-order valence-corrected chi connectivity index (χ3v) is 5.99. The summed E-state index contributed by atoms with van der Waals surface area (Å²) < 4.78 is 15.8. The number of carbonyl (C=O) groups is 2. The Morgan fingerprint density at radius 2 is 1.50 bits per heavy atom. The first kappa shape index (κ1) is 23.4. The lowest BCUT2D eigenvalue weighted by molar-refractivity contribution is -0.127. The lowest BCUT2D eigenvalue weighted by atomic mass is 9.94. The maximum absolute atomic E-state index is 13.0. The van der Waals surface area contributed by atoms with Gasteiger partial charge in [0.1, 0.15) is 17.2 Å². The molecule has 1 fully saturated rings. The predicted octanol–water partition coefficient (Wildman–Crippen LogP) is 3.83. The molecule has 2 aromatic rings. The number of benzene rings is 2. The van der Waals surface area contributed by atoms with Gasteiger partial charge in [-0.1, -0.05) is 19.1 Å². The van der Waals surface area contributed by atoms with E-state index in [0.717, 1.165) is 17.7 Å². The van der Waals surface area contributed by atoms with E-state index >= 15 is 0 Å². The Morgan fingerprint density at radius 3 is 2.00 bits per heavy atom. The van der Waals surface area contributed by atoms with Crippen LogP contribution in [0.3, 0.4) is 0 Å². The molecular weight excluding hydrogens is 408 g/mol. The highest BCUT2D eigenvalue weighted by Gasteiger charge is 2.29. The SMILES string of the molecule is CCC(NC(=O)C1CCN(C(=O)c2cc(OC)cc(OC)c2)CC1)c1ccc(OC)cc1. The number of ether oxygens (including phenoxy) is 3. The van der Waals surface area contributed by atoms with Crippen LogP contribution in [0.15, 0.2) is 42.5 Å². The second kappa shape index (κ2) is 10.9. The first-order chi connectivity index (χ1) is 15.5. The summed E-state index contributed by atoms with van der Waals surface area (Å²) in [5.41, 5.74) is 1.58. The van der Waals surface area contributed by atoms with Crippen LogP contribution in [0.1, 0.15) is 48.1 Å². The number of carbonyl (C=O) groups excluding carboxylic acids is 2. The molecule has 0 saturated carbocycles. The number of likely N-dealkylation sites (tertiary alicyclic amines) is 1. The molecule has 7 nitrogen and oxygen atoms in total. The molecular formula is C25H32N2O5. The Bertz CT molecular complexity index is 898. The molecule has 0 aromatic heterocycles. The Hall–Kier alpha value is -3.22. The molecule has 1 aliphatic heterocycles. The highest BCUT2D eigenvalue weighted by Crippen LogP contribution is 2.26. The molecule has 172 valence electrons. The van der Waals surface area contributed by atoms with E-state index < -0.39 is 0 Å². The molecule has 1 atom stereocenters. The minimum atomic E-state index is -0.105. The quantitative estimate of drug-likeness (QED) is 0.675. The van der Waals surface area contributed by atoms with E-state index in [9.17, 15) is 9.59 Å². The average molecular weight is 441 g/mol. The smallest absolute Gasteiger partial charge is 0.254 e. The fourth-order valence-corrected chi connectivity index (χ4v) is 4.01. The third-order valence-electron chi connectivity index (χ3n) is 5.99. The average Bonchev–Trinajstić information content (AvgIpc) is 2.86. The van der Waals surface area contributed by atoms with Crippen LogP contribution in [0.2, 0.25) is 0 Å². The summed E-state index contributed by atoms with van der Waals surface area (Å²) in [4.78, 5) is 27.7. The highest BCUT2D eigenvalue weighted by molar-refractivity contribution is 5.95. The Labute approximate surface area is 189 Å². The number of hydrogen-bond acceptors (Lipinski definition) is 5. The van der Waals surface area contributed by atoms with Gasteiger partial charge in [0.15, 0.2) is 0 Å². The van der Waals surface area contributed by atoms with Crippen molar-refractivity contribution in [3.05, 3.63) is 53.6 Å². The molecule has 1 N–H and O–H groups in total. The Balaban J connectivity index is 1.58. The van der Waals surface area contributed by atoms with Crippen molar-refractivity contribution < 1.29 is 23.8 Å². The molecule has 0 aliphatic carbocycles. The zero-order chi connectivity index (χ0) is 23.1. The summed E-state index contributed by atoms with van der Waals surface area (Å²) in [5.74, 6) is 1.80. The van der Waals surface area contributed by atoms with Crippen LogP contribution < -0.4 is 19.5 Å². The molecule has 1 saturated heterocycles. The summed E-state index contributed by atoms with van der Waals surface area (Å²) in [6, 6.07) is 12.9. The topological polar surface area (TPSA) is 77.1 Å². The zero-order valence-corrected chi connectivity index (χ0v) is 19.2. The van der Waals surface area contributed by atoms with Gasteiger partial charge < -0.3 is 24.4 Å². The van der Waals surface area contributed by atoms with Crippen LogP contribution in [0.5, 0.6) is 17.2 Å². The van der Waals surface area contributed by atoms with E-state index in [4.69, 9.17) is 14.2 Å². The van der Waals surface area contributed by atoms with Crippen LogP contribution >= 0.6 is 0 Å². The largest absolute Gasteiger partial charge is 0.497 e. The van der Waals surface area contributed by atoms with Gasteiger partial charge in [-0.15, -0.1) is 0 Å². The predicted molar refractivity (Wildman–Crippen MR) is 122 cm³/mol. The lowest BCUT2D eigenvalue weighted by Crippen LogP contribution is -2.43. The minimum absolute atomic E-state index is 0.0442. The normalized spacial score (nSPS) is 15.1. The first-order valence-corrected chi connectivity index (χ1v) is 11.0. The van der Waals surface area contributed by atoms with Crippen molar-refractivity contribution >= 4 is 11.8 Å². The van der Waals surface area contributed by atoms with Crippen molar-refractivity contribution in [1.29, 1.82) is 0 Å². The van der Waals surface area contributed by atoms with Gasteiger partial charge in [-0.25, -0.2) is 0 Å². The van der Waals surface area contributed by atoms with Gasteiger partial charge in [-0.2, -0.15) is 0 Å². The van der Waals surface area contributed by atoms with Gasteiger partial charge in [-0.05, 0) is 49.1 Å². The van der Waals surface area contributed by atoms with E-state index in [0.29, 0.717) is 43.0 Å². The van der Waals surface area contributed by atoms with Gasteiger partial charge in [0.25, 0.3) is 5.91 Å². The molecule has 32 heavy (non-hydrogen) atoms. The number of nitrogens with one attached hydrogen (secondary N) is 1. The van der Waals surface area contributed by atoms with E-state index in [2.05, 4.69) is 12.2 Å². The summed E-state index contributed by atoms with van der Waals surface area (Å²) in [5, 5.41) is 3.18. The molecule has 0 spiro atoms. The van der Waals surface area contributed by atoms with Crippen LogP contribution in [0, 0.1) is 5.92 Å². The van der Waals surface area contributed by atoms with Crippen molar-refractivity contribution in [2.45, 2.75) is 32.2 Å². The van der Waals surface area contributed by atoms with Crippen LogP contribution in [-0.4, -0.2) is 51.1 Å². The molecule has 1 aliphatic rings. The molecule has 1 heterocycles. The number of nitrogens with zero attached hydrogens (tertiary/aromatic N) is 1. The van der Waals surface area contributed by atoms with Crippen molar-refractivity contribution in [2.24, 2.45) is 5.92 Å². The fourth-order valence-electron chi connectivity index (χ4n) is 4.01. The summed E-state index contributed by atoms with van der Waals surface area (Å²) in [6.07, 6.45) is 2.07. The molecule has 3 rings (SSSR count). The fraction of sp³-hybridized carbons (Fsp3) is 0.440. The minimum Gasteiger partial charge on any atom is -0.497 e. The number of amides is 2. The zero-order valence-electron chi connectivity index (χ0n) is 19.2. The van der Waals surface area contributed by atoms with Gasteiger partial charge in [-0.3, -0.25) is 9.59 Å². The highest BCUT2D eigenvalue weighted by atomic mass is 16.5. The Morgan fingerprint density at radius 1 is 0.938 bits per heavy atom. The second-order valence-electron chi connectivity index (χ2n) is 7.91. The standard InChI is InChI=1S/C25H32N2O5/c1-5-23(17-6-8-20(30-2)9-7-17)26-24(28)18-10-12-27(13-11-18)25(29)19-14-21(31-3)16-22(15-19)32-4/h6-9,14-16,18,23H,5,10-13H2,1-4H3,(H,26,28). The van der Waals surface area contributed by atoms with Crippen molar-refractivity contribution in [2.75, 3.05) is 34.4 Å². The van der Waals surface area contributed by atoms with Crippen molar-refractivity contribution in [3.8, 4) is 17.2 Å². The van der Waals surface area contributed by atoms with Crippen molar-refractivity contribution in [3.63, 3.8) is 0 Å². The summed E-state index contributed by atoms with van der Waals surface area (Å²) in [6.45, 7) is 3.13. The van der Waals surface area contributed by atoms with Crippen LogP contribution in [0.25, 0.3) is 0 Å². The first-order valence-electron chi connectivity index (χ1n) is 11.0. The monoisotopic (exact) mass is 440 g/mol. The summed E-state index contributed by atoms with van der Waals surface area (Å²) >= 11 is 0. The van der Waals surface area contributed by atoms with Gasteiger partial charge >= 0.3 is 0 Å². The number of hydrogen-bond donors (Lipinski definition) is 1. The maximum atomic E-state index is 13.0. The molecule has 2 aromatic carbocycles. The number of methoxy groups -OCH3 is 3. The maximum Gasteiger partial charge on any atom is 0.254 e.